The highest BCUT2D eigenvalue weighted by Crippen LogP contribution is 2.18. The Balaban J connectivity index is 2.04. The van der Waals surface area contributed by atoms with Crippen LogP contribution in [0.25, 0.3) is 0 Å². The molecule has 0 heterocycles. The maximum Gasteiger partial charge on any atom is 0.271 e. The van der Waals surface area contributed by atoms with E-state index in [0.29, 0.717) is 5.69 Å². The molecule has 0 aliphatic carbocycles. The molecule has 0 spiro atoms. The number of benzene rings is 2. The van der Waals surface area contributed by atoms with Gasteiger partial charge in [0.2, 0.25) is 5.91 Å². The van der Waals surface area contributed by atoms with Gasteiger partial charge in [0, 0.05) is 17.8 Å². The molecular formula is C15H14FN3O3. The van der Waals surface area contributed by atoms with Crippen molar-refractivity contribution in [2.24, 2.45) is 0 Å². The van der Waals surface area contributed by atoms with E-state index < -0.39 is 22.7 Å². The molecular weight excluding hydrogens is 289 g/mol. The molecule has 22 heavy (non-hydrogen) atoms. The van der Waals surface area contributed by atoms with Crippen LogP contribution < -0.4 is 10.6 Å². The van der Waals surface area contributed by atoms with Gasteiger partial charge in [-0.3, -0.25) is 14.9 Å². The number of nitrogens with zero attached hydrogens (tertiary/aromatic N) is 1. The highest BCUT2D eigenvalue weighted by molar-refractivity contribution is 5.96. The minimum atomic E-state index is -0.693. The van der Waals surface area contributed by atoms with Crippen LogP contribution in [0, 0.1) is 15.9 Å². The first kappa shape index (κ1) is 15.4. The molecule has 0 saturated heterocycles. The van der Waals surface area contributed by atoms with Gasteiger partial charge in [-0.1, -0.05) is 18.2 Å². The van der Waals surface area contributed by atoms with Crippen LogP contribution in [-0.2, 0) is 4.79 Å². The van der Waals surface area contributed by atoms with E-state index in [1.165, 1.54) is 36.4 Å². The van der Waals surface area contributed by atoms with E-state index in [9.17, 15) is 19.3 Å². The summed E-state index contributed by atoms with van der Waals surface area (Å²) in [6.07, 6.45) is 0. The molecule has 2 aromatic rings. The quantitative estimate of drug-likeness (QED) is 0.656. The monoisotopic (exact) mass is 303 g/mol. The van der Waals surface area contributed by atoms with E-state index in [-0.39, 0.29) is 11.4 Å². The van der Waals surface area contributed by atoms with Crippen LogP contribution in [0.2, 0.25) is 0 Å². The molecule has 0 radical (unpaired) electrons. The van der Waals surface area contributed by atoms with Crippen molar-refractivity contribution in [1.82, 2.24) is 0 Å². The Morgan fingerprint density at radius 1 is 1.23 bits per heavy atom. The lowest BCUT2D eigenvalue weighted by Gasteiger charge is -2.15. The first-order valence-corrected chi connectivity index (χ1v) is 6.54. The minimum absolute atomic E-state index is 0.0771. The fourth-order valence-electron chi connectivity index (χ4n) is 1.83. The summed E-state index contributed by atoms with van der Waals surface area (Å²) < 4.78 is 13.5. The van der Waals surface area contributed by atoms with E-state index in [4.69, 9.17) is 0 Å². The van der Waals surface area contributed by atoms with Crippen LogP contribution in [0.5, 0.6) is 0 Å². The average molecular weight is 303 g/mol. The largest absolute Gasteiger partial charge is 0.374 e. The van der Waals surface area contributed by atoms with E-state index in [1.54, 1.807) is 19.1 Å². The van der Waals surface area contributed by atoms with Gasteiger partial charge in [0.1, 0.15) is 11.9 Å². The summed E-state index contributed by atoms with van der Waals surface area (Å²) in [4.78, 5) is 22.2. The maximum absolute atomic E-state index is 13.5. The first-order valence-electron chi connectivity index (χ1n) is 6.54. The van der Waals surface area contributed by atoms with Gasteiger partial charge in [-0.05, 0) is 25.1 Å². The summed E-state index contributed by atoms with van der Waals surface area (Å²) in [6, 6.07) is 10.9. The van der Waals surface area contributed by atoms with Crippen molar-refractivity contribution in [3.8, 4) is 0 Å². The smallest absolute Gasteiger partial charge is 0.271 e. The predicted octanol–water partition coefficient (Wildman–Crippen LogP) is 3.17. The van der Waals surface area contributed by atoms with Crippen molar-refractivity contribution < 1.29 is 14.1 Å². The van der Waals surface area contributed by atoms with Crippen LogP contribution in [0.1, 0.15) is 6.92 Å². The number of rotatable bonds is 5. The zero-order valence-electron chi connectivity index (χ0n) is 11.7. The Morgan fingerprint density at radius 3 is 2.64 bits per heavy atom. The summed E-state index contributed by atoms with van der Waals surface area (Å²) in [5.41, 5.74) is 0.442. The van der Waals surface area contributed by atoms with Crippen LogP contribution in [0.15, 0.2) is 48.5 Å². The fraction of sp³-hybridized carbons (Fsp3) is 0.133. The number of anilines is 2. The van der Waals surface area contributed by atoms with E-state index in [1.807, 2.05) is 0 Å². The highest BCUT2D eigenvalue weighted by atomic mass is 19.1. The molecule has 0 fully saturated rings. The molecule has 2 rings (SSSR count). The molecule has 0 unspecified atom stereocenters. The lowest BCUT2D eigenvalue weighted by atomic mass is 10.2. The number of amides is 1. The number of para-hydroxylation sites is 1. The van der Waals surface area contributed by atoms with Crippen LogP contribution in [-0.4, -0.2) is 16.9 Å². The number of hydrogen-bond acceptors (Lipinski definition) is 4. The van der Waals surface area contributed by atoms with Gasteiger partial charge in [0.15, 0.2) is 0 Å². The second-order valence-electron chi connectivity index (χ2n) is 4.64. The van der Waals surface area contributed by atoms with Gasteiger partial charge in [-0.15, -0.1) is 0 Å². The molecule has 2 N–H and O–H groups in total. The van der Waals surface area contributed by atoms with E-state index in [2.05, 4.69) is 10.6 Å². The Kier molecular flexibility index (Phi) is 4.67. The third-order valence-electron chi connectivity index (χ3n) is 2.97. The number of hydrogen-bond donors (Lipinski definition) is 2. The topological polar surface area (TPSA) is 84.3 Å². The lowest BCUT2D eigenvalue weighted by Crippen LogP contribution is -2.32. The van der Waals surface area contributed by atoms with Crippen molar-refractivity contribution in [3.63, 3.8) is 0 Å². The molecule has 0 aliphatic heterocycles. The summed E-state index contributed by atoms with van der Waals surface area (Å²) in [5.74, 6) is -0.977. The Bertz CT molecular complexity index is 706. The van der Waals surface area contributed by atoms with Crippen molar-refractivity contribution in [2.45, 2.75) is 13.0 Å². The molecule has 0 aromatic heterocycles. The molecule has 6 nitrogen and oxygen atoms in total. The number of nitro benzene ring substituents is 1. The van der Waals surface area contributed by atoms with Crippen LogP contribution >= 0.6 is 0 Å². The predicted molar refractivity (Wildman–Crippen MR) is 81.2 cm³/mol. The Labute approximate surface area is 126 Å². The molecule has 114 valence electrons. The van der Waals surface area contributed by atoms with Crippen molar-refractivity contribution in [1.29, 1.82) is 0 Å². The average Bonchev–Trinajstić information content (AvgIpc) is 2.49. The number of nitrogens with one attached hydrogen (secondary N) is 2. The summed E-state index contributed by atoms with van der Waals surface area (Å²) in [7, 11) is 0. The minimum Gasteiger partial charge on any atom is -0.374 e. The summed E-state index contributed by atoms with van der Waals surface area (Å²) >= 11 is 0. The number of carbonyl (C=O) groups is 1. The van der Waals surface area contributed by atoms with Crippen molar-refractivity contribution in [3.05, 3.63) is 64.5 Å². The second-order valence-corrected chi connectivity index (χ2v) is 4.64. The molecule has 1 amide bonds. The van der Waals surface area contributed by atoms with Crippen molar-refractivity contribution >= 4 is 23.0 Å². The number of nitro groups is 1. The SMILES string of the molecule is C[C@H](Nc1cccc([N+](=O)[O-])c1)C(=O)Nc1ccccc1F. The zero-order chi connectivity index (χ0) is 16.1. The van der Waals surface area contributed by atoms with Gasteiger partial charge >= 0.3 is 0 Å². The van der Waals surface area contributed by atoms with E-state index in [0.717, 1.165) is 0 Å². The van der Waals surface area contributed by atoms with Gasteiger partial charge in [0.25, 0.3) is 5.69 Å². The molecule has 1 atom stereocenters. The molecule has 0 saturated carbocycles. The highest BCUT2D eigenvalue weighted by Gasteiger charge is 2.15. The summed E-state index contributed by atoms with van der Waals surface area (Å²) in [5, 5.41) is 16.0. The molecule has 0 aliphatic rings. The van der Waals surface area contributed by atoms with Crippen LogP contribution in [0.4, 0.5) is 21.5 Å². The van der Waals surface area contributed by atoms with Gasteiger partial charge in [-0.25, -0.2) is 4.39 Å². The van der Waals surface area contributed by atoms with E-state index >= 15 is 0 Å². The zero-order valence-corrected chi connectivity index (χ0v) is 11.7. The molecule has 0 bridgehead atoms. The third kappa shape index (κ3) is 3.78. The molecule has 2 aromatic carbocycles. The Hall–Kier alpha value is -2.96. The standard InChI is InChI=1S/C15H14FN3O3/c1-10(15(20)18-14-8-3-2-7-13(14)16)17-11-5-4-6-12(9-11)19(21)22/h2-10,17H,1H3,(H,18,20)/t10-/m0/s1. The maximum atomic E-state index is 13.5. The Morgan fingerprint density at radius 2 is 1.95 bits per heavy atom. The lowest BCUT2D eigenvalue weighted by molar-refractivity contribution is -0.384. The van der Waals surface area contributed by atoms with Gasteiger partial charge in [0.05, 0.1) is 10.6 Å². The normalized spacial score (nSPS) is 11.5. The van der Waals surface area contributed by atoms with Crippen molar-refractivity contribution in [2.75, 3.05) is 10.6 Å². The summed E-state index contributed by atoms with van der Waals surface area (Å²) in [6.45, 7) is 1.58. The number of halogens is 1. The van der Waals surface area contributed by atoms with Crippen LogP contribution in [0.3, 0.4) is 0 Å². The van der Waals surface area contributed by atoms with Gasteiger partial charge < -0.3 is 10.6 Å². The fourth-order valence-corrected chi connectivity index (χ4v) is 1.83. The third-order valence-corrected chi connectivity index (χ3v) is 2.97. The number of non-ortho nitro benzene ring substituents is 1. The number of carbonyl (C=O) groups excluding carboxylic acids is 1. The van der Waals surface area contributed by atoms with Gasteiger partial charge in [-0.2, -0.15) is 0 Å². The second kappa shape index (κ2) is 6.66. The molecule has 7 heteroatoms. The first-order chi connectivity index (χ1) is 10.5.